The van der Waals surface area contributed by atoms with Crippen LogP contribution in [0.3, 0.4) is 0 Å². The number of aromatic nitrogens is 2. The quantitative estimate of drug-likeness (QED) is 0.751. The molecule has 0 saturated carbocycles. The van der Waals surface area contributed by atoms with Gasteiger partial charge in [0.25, 0.3) is 11.8 Å². The van der Waals surface area contributed by atoms with Gasteiger partial charge in [-0.15, -0.1) is 0 Å². The number of carbonyl (C=O) groups excluding carboxylic acids is 2. The van der Waals surface area contributed by atoms with E-state index in [4.69, 9.17) is 27.9 Å². The summed E-state index contributed by atoms with van der Waals surface area (Å²) in [6, 6.07) is 4.91. The summed E-state index contributed by atoms with van der Waals surface area (Å²) in [6.07, 6.45) is 4.24. The van der Waals surface area contributed by atoms with E-state index in [1.807, 2.05) is 0 Å². The first-order valence-electron chi connectivity index (χ1n) is 9.51. The Morgan fingerprint density at radius 3 is 2.66 bits per heavy atom. The van der Waals surface area contributed by atoms with Gasteiger partial charge in [-0.25, -0.2) is 0 Å². The monoisotopic (exact) mass is 438 g/mol. The van der Waals surface area contributed by atoms with Gasteiger partial charge in [0, 0.05) is 37.9 Å². The van der Waals surface area contributed by atoms with Crippen LogP contribution < -0.4 is 10.1 Å². The number of hydrogen-bond acceptors (Lipinski definition) is 4. The number of aryl methyl sites for hydroxylation is 1. The lowest BCUT2D eigenvalue weighted by Gasteiger charge is -2.33. The van der Waals surface area contributed by atoms with E-state index in [1.54, 1.807) is 54.1 Å². The van der Waals surface area contributed by atoms with Gasteiger partial charge in [0.05, 0.1) is 16.8 Å². The summed E-state index contributed by atoms with van der Waals surface area (Å²) in [5.74, 6) is 0.568. The van der Waals surface area contributed by atoms with Crippen molar-refractivity contribution in [2.45, 2.75) is 25.9 Å². The molecule has 1 saturated heterocycles. The molecule has 1 aliphatic heterocycles. The van der Waals surface area contributed by atoms with E-state index in [-0.39, 0.29) is 11.8 Å². The van der Waals surface area contributed by atoms with Crippen LogP contribution in [0.25, 0.3) is 0 Å². The van der Waals surface area contributed by atoms with Crippen molar-refractivity contribution >= 4 is 35.0 Å². The zero-order valence-electron chi connectivity index (χ0n) is 16.4. The van der Waals surface area contributed by atoms with Gasteiger partial charge in [-0.3, -0.25) is 14.3 Å². The SMILES string of the molecule is CC(Oc1ccc(Cl)cc1Cl)C(=O)N1CCC(CNC(=O)c2cnn(C)c2)CC1. The molecular formula is C20H24Cl2N4O3. The maximum Gasteiger partial charge on any atom is 0.263 e. The van der Waals surface area contributed by atoms with Gasteiger partial charge < -0.3 is 15.0 Å². The third kappa shape index (κ3) is 5.64. The minimum atomic E-state index is -0.643. The van der Waals surface area contributed by atoms with E-state index < -0.39 is 6.10 Å². The Bertz CT molecular complexity index is 878. The Morgan fingerprint density at radius 2 is 2.03 bits per heavy atom. The van der Waals surface area contributed by atoms with Gasteiger partial charge in [-0.1, -0.05) is 23.2 Å². The molecule has 2 heterocycles. The van der Waals surface area contributed by atoms with Gasteiger partial charge in [-0.2, -0.15) is 5.10 Å². The van der Waals surface area contributed by atoms with E-state index >= 15 is 0 Å². The molecule has 0 aliphatic carbocycles. The Morgan fingerprint density at radius 1 is 1.31 bits per heavy atom. The van der Waals surface area contributed by atoms with Gasteiger partial charge >= 0.3 is 0 Å². The van der Waals surface area contributed by atoms with Crippen molar-refractivity contribution in [3.05, 3.63) is 46.2 Å². The summed E-state index contributed by atoms with van der Waals surface area (Å²) in [6.45, 7) is 3.57. The summed E-state index contributed by atoms with van der Waals surface area (Å²) >= 11 is 12.0. The normalized spacial score (nSPS) is 15.8. The summed E-state index contributed by atoms with van der Waals surface area (Å²) in [7, 11) is 1.77. The smallest absolute Gasteiger partial charge is 0.263 e. The number of likely N-dealkylation sites (tertiary alicyclic amines) is 1. The molecule has 0 bridgehead atoms. The molecular weight excluding hydrogens is 415 g/mol. The Hall–Kier alpha value is -2.25. The highest BCUT2D eigenvalue weighted by Crippen LogP contribution is 2.28. The van der Waals surface area contributed by atoms with Crippen LogP contribution >= 0.6 is 23.2 Å². The molecule has 1 aromatic heterocycles. The van der Waals surface area contributed by atoms with E-state index in [2.05, 4.69) is 10.4 Å². The molecule has 2 amide bonds. The standard InChI is InChI=1S/C20H24Cl2N4O3/c1-13(29-18-4-3-16(21)9-17(18)22)20(28)26-7-5-14(6-8-26)10-23-19(27)15-11-24-25(2)12-15/h3-4,9,11-14H,5-8,10H2,1-2H3,(H,23,27). The van der Waals surface area contributed by atoms with Crippen LogP contribution in [0.2, 0.25) is 10.0 Å². The second-order valence-corrected chi connectivity index (χ2v) is 8.06. The van der Waals surface area contributed by atoms with Gasteiger partial charge in [0.1, 0.15) is 5.75 Å². The van der Waals surface area contributed by atoms with Crippen molar-refractivity contribution in [2.24, 2.45) is 13.0 Å². The highest BCUT2D eigenvalue weighted by atomic mass is 35.5. The minimum absolute atomic E-state index is 0.0751. The molecule has 1 aromatic carbocycles. The van der Waals surface area contributed by atoms with Crippen molar-refractivity contribution in [1.29, 1.82) is 0 Å². The number of carbonyl (C=O) groups is 2. The van der Waals surface area contributed by atoms with Gasteiger partial charge in [-0.05, 0) is 43.9 Å². The average Bonchev–Trinajstić information content (AvgIpc) is 3.14. The van der Waals surface area contributed by atoms with Crippen LogP contribution in [0.15, 0.2) is 30.6 Å². The van der Waals surface area contributed by atoms with Crippen LogP contribution in [0.1, 0.15) is 30.1 Å². The molecule has 1 unspecified atom stereocenters. The number of benzene rings is 1. The largest absolute Gasteiger partial charge is 0.479 e. The molecule has 1 fully saturated rings. The van der Waals surface area contributed by atoms with Gasteiger partial charge in [0.2, 0.25) is 0 Å². The Balaban J connectivity index is 1.44. The summed E-state index contributed by atoms with van der Waals surface area (Å²) in [4.78, 5) is 26.6. The predicted molar refractivity (Wildman–Crippen MR) is 111 cm³/mol. The van der Waals surface area contributed by atoms with Crippen molar-refractivity contribution in [1.82, 2.24) is 20.0 Å². The molecule has 1 atom stereocenters. The third-order valence-corrected chi connectivity index (χ3v) is 5.52. The fourth-order valence-corrected chi connectivity index (χ4v) is 3.76. The summed E-state index contributed by atoms with van der Waals surface area (Å²) in [5, 5.41) is 7.84. The number of nitrogens with one attached hydrogen (secondary N) is 1. The molecule has 9 heteroatoms. The zero-order valence-corrected chi connectivity index (χ0v) is 17.9. The number of nitrogens with zero attached hydrogens (tertiary/aromatic N) is 3. The number of piperidine rings is 1. The van der Waals surface area contributed by atoms with E-state index in [0.29, 0.717) is 46.9 Å². The molecule has 29 heavy (non-hydrogen) atoms. The van der Waals surface area contributed by atoms with Crippen LogP contribution in [-0.4, -0.2) is 52.2 Å². The first-order chi connectivity index (χ1) is 13.8. The first kappa shape index (κ1) is 21.5. The Kier molecular flexibility index (Phi) is 7.03. The fourth-order valence-electron chi connectivity index (χ4n) is 3.30. The second-order valence-electron chi connectivity index (χ2n) is 7.22. The van der Waals surface area contributed by atoms with Crippen LogP contribution in [0.4, 0.5) is 0 Å². The van der Waals surface area contributed by atoms with Crippen molar-refractivity contribution in [3.8, 4) is 5.75 Å². The maximum absolute atomic E-state index is 12.7. The molecule has 2 aromatic rings. The number of ether oxygens (including phenoxy) is 1. The average molecular weight is 439 g/mol. The zero-order chi connectivity index (χ0) is 21.0. The molecule has 1 aliphatic rings. The van der Waals surface area contributed by atoms with Crippen LogP contribution in [0, 0.1) is 5.92 Å². The summed E-state index contributed by atoms with van der Waals surface area (Å²) in [5.41, 5.74) is 0.548. The van der Waals surface area contributed by atoms with E-state index in [1.165, 1.54) is 0 Å². The maximum atomic E-state index is 12.7. The lowest BCUT2D eigenvalue weighted by molar-refractivity contribution is -0.139. The second kappa shape index (κ2) is 9.50. The lowest BCUT2D eigenvalue weighted by atomic mass is 9.96. The highest BCUT2D eigenvalue weighted by molar-refractivity contribution is 6.35. The van der Waals surface area contributed by atoms with Crippen LogP contribution in [0.5, 0.6) is 5.75 Å². The van der Waals surface area contributed by atoms with Crippen LogP contribution in [-0.2, 0) is 11.8 Å². The molecule has 0 radical (unpaired) electrons. The molecule has 7 nitrogen and oxygen atoms in total. The van der Waals surface area contributed by atoms with Gasteiger partial charge in [0.15, 0.2) is 6.10 Å². The fraction of sp³-hybridized carbons (Fsp3) is 0.450. The Labute approximate surface area is 179 Å². The van der Waals surface area contributed by atoms with Crippen molar-refractivity contribution in [3.63, 3.8) is 0 Å². The van der Waals surface area contributed by atoms with Crippen molar-refractivity contribution in [2.75, 3.05) is 19.6 Å². The molecule has 156 valence electrons. The predicted octanol–water partition coefficient (Wildman–Crippen LogP) is 3.16. The third-order valence-electron chi connectivity index (χ3n) is 4.99. The number of halogens is 2. The van der Waals surface area contributed by atoms with E-state index in [9.17, 15) is 9.59 Å². The molecule has 0 spiro atoms. The molecule has 1 N–H and O–H groups in total. The van der Waals surface area contributed by atoms with E-state index in [0.717, 1.165) is 12.8 Å². The van der Waals surface area contributed by atoms with Crippen molar-refractivity contribution < 1.29 is 14.3 Å². The number of hydrogen-bond donors (Lipinski definition) is 1. The number of rotatable bonds is 6. The molecule has 3 rings (SSSR count). The lowest BCUT2D eigenvalue weighted by Crippen LogP contribution is -2.46. The topological polar surface area (TPSA) is 76.5 Å². The summed E-state index contributed by atoms with van der Waals surface area (Å²) < 4.78 is 7.32. The minimum Gasteiger partial charge on any atom is -0.479 e. The highest BCUT2D eigenvalue weighted by Gasteiger charge is 2.27. The number of amides is 2. The first-order valence-corrected chi connectivity index (χ1v) is 10.3.